The van der Waals surface area contributed by atoms with Crippen LogP contribution in [0, 0.1) is 0 Å². The van der Waals surface area contributed by atoms with E-state index in [0.717, 1.165) is 6.42 Å². The average Bonchev–Trinajstić information content (AvgIpc) is 2.74. The number of hydrogen-bond donors (Lipinski definition) is 1. The fourth-order valence-corrected chi connectivity index (χ4v) is 1.96. The van der Waals surface area contributed by atoms with E-state index in [4.69, 9.17) is 26.2 Å². The van der Waals surface area contributed by atoms with Gasteiger partial charge in [0.1, 0.15) is 11.9 Å². The predicted molar refractivity (Wildman–Crippen MR) is 62.6 cm³/mol. The van der Waals surface area contributed by atoms with Crippen LogP contribution in [-0.2, 0) is 16.0 Å². The summed E-state index contributed by atoms with van der Waals surface area (Å²) < 4.78 is 10.9. The summed E-state index contributed by atoms with van der Waals surface area (Å²) in [5.74, 6) is -0.296. The highest BCUT2D eigenvalue weighted by Crippen LogP contribution is 2.27. The van der Waals surface area contributed by atoms with Gasteiger partial charge in [-0.3, -0.25) is 4.79 Å². The molecule has 1 fully saturated rings. The van der Waals surface area contributed by atoms with Crippen LogP contribution < -0.4 is 4.74 Å². The van der Waals surface area contributed by atoms with Gasteiger partial charge in [0.2, 0.25) is 0 Å². The summed E-state index contributed by atoms with van der Waals surface area (Å²) in [6.45, 7) is 1.28. The lowest BCUT2D eigenvalue weighted by molar-refractivity contribution is -0.136. The molecule has 5 heteroatoms. The van der Waals surface area contributed by atoms with Gasteiger partial charge in [-0.2, -0.15) is 0 Å². The molecule has 1 aliphatic rings. The number of aliphatic carboxylic acids is 1. The smallest absolute Gasteiger partial charge is 0.307 e. The van der Waals surface area contributed by atoms with Gasteiger partial charge in [-0.15, -0.1) is 0 Å². The van der Waals surface area contributed by atoms with Gasteiger partial charge in [0.05, 0.1) is 24.7 Å². The summed E-state index contributed by atoms with van der Waals surface area (Å²) in [5.41, 5.74) is 0.664. The van der Waals surface area contributed by atoms with Gasteiger partial charge in [0.15, 0.2) is 0 Å². The second kappa shape index (κ2) is 5.38. The molecule has 1 N–H and O–H groups in total. The van der Waals surface area contributed by atoms with Gasteiger partial charge in [0.25, 0.3) is 0 Å². The van der Waals surface area contributed by atoms with Crippen LogP contribution in [0.2, 0.25) is 5.02 Å². The van der Waals surface area contributed by atoms with E-state index in [0.29, 0.717) is 29.5 Å². The fraction of sp³-hybridized carbons (Fsp3) is 0.417. The topological polar surface area (TPSA) is 55.8 Å². The third-order valence-electron chi connectivity index (χ3n) is 2.53. The zero-order chi connectivity index (χ0) is 12.3. The Labute approximate surface area is 104 Å². The van der Waals surface area contributed by atoms with Crippen molar-refractivity contribution >= 4 is 17.6 Å². The minimum absolute atomic E-state index is 0.0352. The van der Waals surface area contributed by atoms with Crippen molar-refractivity contribution < 1.29 is 19.4 Å². The van der Waals surface area contributed by atoms with Crippen molar-refractivity contribution in [3.8, 4) is 5.75 Å². The molecule has 1 heterocycles. The van der Waals surface area contributed by atoms with E-state index in [1.54, 1.807) is 18.2 Å². The van der Waals surface area contributed by atoms with Crippen LogP contribution in [0.4, 0.5) is 0 Å². The Morgan fingerprint density at radius 3 is 3.00 bits per heavy atom. The second-order valence-electron chi connectivity index (χ2n) is 3.94. The number of carbonyl (C=O) groups is 1. The zero-order valence-electron chi connectivity index (χ0n) is 9.19. The quantitative estimate of drug-likeness (QED) is 0.897. The minimum atomic E-state index is -0.876. The lowest BCUT2D eigenvalue weighted by atomic mass is 10.1. The Morgan fingerprint density at radius 2 is 2.41 bits per heavy atom. The summed E-state index contributed by atoms with van der Waals surface area (Å²) in [7, 11) is 0. The number of rotatable bonds is 4. The third-order valence-corrected chi connectivity index (χ3v) is 2.83. The molecule has 4 nitrogen and oxygen atoms in total. The van der Waals surface area contributed by atoms with Gasteiger partial charge in [0, 0.05) is 6.42 Å². The van der Waals surface area contributed by atoms with Crippen molar-refractivity contribution in [2.75, 3.05) is 13.2 Å². The number of hydrogen-bond acceptors (Lipinski definition) is 3. The Bertz CT molecular complexity index is 413. The fourth-order valence-electron chi connectivity index (χ4n) is 1.71. The summed E-state index contributed by atoms with van der Waals surface area (Å²) in [6.07, 6.45) is 0.859. The first-order valence-electron chi connectivity index (χ1n) is 5.40. The van der Waals surface area contributed by atoms with Crippen LogP contribution in [-0.4, -0.2) is 30.4 Å². The van der Waals surface area contributed by atoms with Crippen molar-refractivity contribution in [2.45, 2.75) is 18.9 Å². The summed E-state index contributed by atoms with van der Waals surface area (Å²) >= 11 is 6.03. The standard InChI is InChI=1S/C12H13ClO4/c13-10-5-8(6-12(14)15)1-2-11(10)17-9-3-4-16-7-9/h1-2,5,9H,3-4,6-7H2,(H,14,15). The lowest BCUT2D eigenvalue weighted by Gasteiger charge is -2.13. The van der Waals surface area contributed by atoms with Crippen LogP contribution >= 0.6 is 11.6 Å². The monoisotopic (exact) mass is 256 g/mol. The molecule has 1 aliphatic heterocycles. The van der Waals surface area contributed by atoms with Crippen LogP contribution in [0.1, 0.15) is 12.0 Å². The molecule has 0 radical (unpaired) electrons. The van der Waals surface area contributed by atoms with Crippen LogP contribution in [0.5, 0.6) is 5.75 Å². The van der Waals surface area contributed by atoms with Gasteiger partial charge < -0.3 is 14.6 Å². The van der Waals surface area contributed by atoms with Crippen molar-refractivity contribution in [1.29, 1.82) is 0 Å². The first-order chi connectivity index (χ1) is 8.15. The SMILES string of the molecule is O=C(O)Cc1ccc(OC2CCOC2)c(Cl)c1. The highest BCUT2D eigenvalue weighted by Gasteiger charge is 2.18. The van der Waals surface area contributed by atoms with Crippen molar-refractivity contribution in [2.24, 2.45) is 0 Å². The maximum absolute atomic E-state index is 10.6. The maximum atomic E-state index is 10.6. The molecular formula is C12H13ClO4. The maximum Gasteiger partial charge on any atom is 0.307 e. The molecule has 1 saturated heterocycles. The largest absolute Gasteiger partial charge is 0.486 e. The molecule has 0 amide bonds. The highest BCUT2D eigenvalue weighted by molar-refractivity contribution is 6.32. The van der Waals surface area contributed by atoms with Gasteiger partial charge >= 0.3 is 5.97 Å². The van der Waals surface area contributed by atoms with Crippen molar-refractivity contribution in [3.05, 3.63) is 28.8 Å². The Morgan fingerprint density at radius 1 is 1.59 bits per heavy atom. The molecule has 1 aromatic rings. The molecule has 1 atom stereocenters. The molecule has 17 heavy (non-hydrogen) atoms. The van der Waals surface area contributed by atoms with Crippen LogP contribution in [0.15, 0.2) is 18.2 Å². The predicted octanol–water partition coefficient (Wildman–Crippen LogP) is 2.13. The third kappa shape index (κ3) is 3.35. The van der Waals surface area contributed by atoms with Gasteiger partial charge in [-0.05, 0) is 17.7 Å². The molecular weight excluding hydrogens is 244 g/mol. The van der Waals surface area contributed by atoms with E-state index >= 15 is 0 Å². The molecule has 0 aliphatic carbocycles. The van der Waals surface area contributed by atoms with E-state index in [-0.39, 0.29) is 12.5 Å². The molecule has 1 aromatic carbocycles. The number of ether oxygens (including phenoxy) is 2. The Hall–Kier alpha value is -1.26. The number of benzene rings is 1. The molecule has 0 spiro atoms. The average molecular weight is 257 g/mol. The van der Waals surface area contributed by atoms with Crippen LogP contribution in [0.25, 0.3) is 0 Å². The van der Waals surface area contributed by atoms with Crippen molar-refractivity contribution in [3.63, 3.8) is 0 Å². The van der Waals surface area contributed by atoms with E-state index in [1.807, 2.05) is 0 Å². The van der Waals surface area contributed by atoms with E-state index < -0.39 is 5.97 Å². The molecule has 2 rings (SSSR count). The second-order valence-corrected chi connectivity index (χ2v) is 4.35. The molecule has 0 bridgehead atoms. The summed E-state index contributed by atoms with van der Waals surface area (Å²) in [5, 5.41) is 9.11. The zero-order valence-corrected chi connectivity index (χ0v) is 9.94. The number of carboxylic acids is 1. The molecule has 0 saturated carbocycles. The van der Waals surface area contributed by atoms with Gasteiger partial charge in [-0.1, -0.05) is 17.7 Å². The van der Waals surface area contributed by atoms with Crippen molar-refractivity contribution in [1.82, 2.24) is 0 Å². The first-order valence-corrected chi connectivity index (χ1v) is 5.77. The molecule has 0 aromatic heterocycles. The number of carboxylic acid groups (broad SMARTS) is 1. The Balaban J connectivity index is 2.05. The van der Waals surface area contributed by atoms with Crippen LogP contribution in [0.3, 0.4) is 0 Å². The normalized spacial score (nSPS) is 19.2. The molecule has 92 valence electrons. The number of halogens is 1. The molecule has 1 unspecified atom stereocenters. The Kier molecular flexibility index (Phi) is 3.86. The van der Waals surface area contributed by atoms with E-state index in [2.05, 4.69) is 0 Å². The lowest BCUT2D eigenvalue weighted by Crippen LogP contribution is -2.15. The highest BCUT2D eigenvalue weighted by atomic mass is 35.5. The summed E-state index contributed by atoms with van der Waals surface area (Å²) in [4.78, 5) is 10.6. The van der Waals surface area contributed by atoms with Gasteiger partial charge in [-0.25, -0.2) is 0 Å². The van der Waals surface area contributed by atoms with E-state index in [9.17, 15) is 4.79 Å². The first kappa shape index (κ1) is 12.2. The van der Waals surface area contributed by atoms with E-state index in [1.165, 1.54) is 0 Å². The minimum Gasteiger partial charge on any atom is -0.486 e. The summed E-state index contributed by atoms with van der Waals surface area (Å²) in [6, 6.07) is 5.05.